The van der Waals surface area contributed by atoms with Crippen LogP contribution in [0.1, 0.15) is 62.5 Å². The predicted octanol–water partition coefficient (Wildman–Crippen LogP) is 4.80. The average molecular weight is 421 g/mol. The van der Waals surface area contributed by atoms with Crippen LogP contribution in [0.15, 0.2) is 34.9 Å². The summed E-state index contributed by atoms with van der Waals surface area (Å²) >= 11 is 6.16. The van der Waals surface area contributed by atoms with E-state index in [1.165, 1.54) is 44.1 Å². The summed E-state index contributed by atoms with van der Waals surface area (Å²) in [5, 5.41) is 0.303. The van der Waals surface area contributed by atoms with Gasteiger partial charge in [-0.2, -0.15) is 0 Å². The van der Waals surface area contributed by atoms with E-state index in [1.54, 1.807) is 30.4 Å². The lowest BCUT2D eigenvalue weighted by molar-refractivity contribution is -0.314. The van der Waals surface area contributed by atoms with Crippen molar-refractivity contribution in [2.45, 2.75) is 57.5 Å². The van der Waals surface area contributed by atoms with Crippen molar-refractivity contribution in [1.29, 1.82) is 0 Å². The van der Waals surface area contributed by atoms with Crippen LogP contribution in [0.4, 0.5) is 0 Å². The Bertz CT molecular complexity index is 883. The molecule has 152 valence electrons. The highest BCUT2D eigenvalue weighted by Crippen LogP contribution is 2.53. The summed E-state index contributed by atoms with van der Waals surface area (Å²) in [6.45, 7) is 0. The Kier molecular flexibility index (Phi) is 5.77. The summed E-state index contributed by atoms with van der Waals surface area (Å²) in [4.78, 5) is 22.6. The van der Waals surface area contributed by atoms with Crippen molar-refractivity contribution in [1.82, 2.24) is 0 Å². The molecule has 28 heavy (non-hydrogen) atoms. The summed E-state index contributed by atoms with van der Waals surface area (Å²) in [5.41, 5.74) is 5.85. The molecule has 1 aromatic carbocycles. The van der Waals surface area contributed by atoms with Crippen molar-refractivity contribution in [3.8, 4) is 0 Å². The molecule has 3 aliphatic carbocycles. The van der Waals surface area contributed by atoms with E-state index in [-0.39, 0.29) is 0 Å². The number of halogens is 1. The molecule has 2 unspecified atom stereocenters. The number of hydrogen-bond acceptors (Lipinski definition) is 4. The standard InChI is InChI=1S/C22H28ClO4P/c1-27-22(16-9-10-20(23)17(12-16)13-28(24,25)26)21-15-6-4-8-19(21)18-7-3-2-5-14(18)11-15/h9-10,12,15,19H,2-8,11,13H2,1H3,(H2,24,25,26)/p-2/b22-21+. The minimum Gasteiger partial charge on any atom is -0.810 e. The maximum absolute atomic E-state index is 11.3. The predicted molar refractivity (Wildman–Crippen MR) is 108 cm³/mol. The zero-order valence-electron chi connectivity index (χ0n) is 16.2. The molecule has 1 aromatic rings. The van der Waals surface area contributed by atoms with E-state index < -0.39 is 13.8 Å². The van der Waals surface area contributed by atoms with Gasteiger partial charge in [-0.3, -0.25) is 0 Å². The maximum atomic E-state index is 11.3. The number of fused-ring (bicyclic) bond motifs is 3. The topological polar surface area (TPSA) is 72.4 Å². The van der Waals surface area contributed by atoms with E-state index >= 15 is 0 Å². The van der Waals surface area contributed by atoms with Crippen molar-refractivity contribution < 1.29 is 19.1 Å². The number of methoxy groups -OCH3 is 1. The molecule has 0 amide bonds. The van der Waals surface area contributed by atoms with Crippen LogP contribution in [0.5, 0.6) is 0 Å². The minimum absolute atomic E-state index is 0.303. The van der Waals surface area contributed by atoms with E-state index in [9.17, 15) is 14.4 Å². The van der Waals surface area contributed by atoms with Gasteiger partial charge in [0.25, 0.3) is 0 Å². The number of hydrogen-bond donors (Lipinski definition) is 0. The first-order valence-corrected chi connectivity index (χ1v) is 12.3. The van der Waals surface area contributed by atoms with E-state index in [0.29, 0.717) is 22.4 Å². The second kappa shape index (κ2) is 7.99. The van der Waals surface area contributed by atoms with Gasteiger partial charge in [0.2, 0.25) is 0 Å². The molecule has 4 nitrogen and oxygen atoms in total. The molecule has 0 heterocycles. The van der Waals surface area contributed by atoms with E-state index in [2.05, 4.69) is 0 Å². The monoisotopic (exact) mass is 420 g/mol. The van der Waals surface area contributed by atoms with Gasteiger partial charge < -0.3 is 19.1 Å². The SMILES string of the molecule is CO/C(=C1\C2CCCC1C1=C(CCCC1)C2)c1ccc(Cl)c(CP(=O)([O-])[O-])c1. The van der Waals surface area contributed by atoms with Gasteiger partial charge in [0.05, 0.1) is 7.11 Å². The highest BCUT2D eigenvalue weighted by molar-refractivity contribution is 7.47. The molecule has 0 aromatic heterocycles. The van der Waals surface area contributed by atoms with Crippen LogP contribution in [0, 0.1) is 11.8 Å². The molecule has 0 aliphatic heterocycles. The number of benzene rings is 1. The molecule has 0 spiro atoms. The third-order valence-corrected chi connectivity index (χ3v) is 7.64. The first-order chi connectivity index (χ1) is 13.4. The molecule has 2 bridgehead atoms. The van der Waals surface area contributed by atoms with Crippen LogP contribution in [-0.4, -0.2) is 7.11 Å². The molecular weight excluding hydrogens is 395 g/mol. The van der Waals surface area contributed by atoms with Gasteiger partial charge in [-0.25, -0.2) is 0 Å². The first-order valence-electron chi connectivity index (χ1n) is 10.2. The third-order valence-electron chi connectivity index (χ3n) is 6.54. The van der Waals surface area contributed by atoms with Crippen molar-refractivity contribution >= 4 is 25.0 Å². The fourth-order valence-corrected chi connectivity index (χ4v) is 6.43. The zero-order valence-corrected chi connectivity index (χ0v) is 17.9. The molecule has 0 saturated heterocycles. The Morgan fingerprint density at radius 1 is 1.21 bits per heavy atom. The molecule has 1 fully saturated rings. The van der Waals surface area contributed by atoms with Crippen molar-refractivity contribution in [2.75, 3.05) is 7.11 Å². The van der Waals surface area contributed by atoms with Crippen LogP contribution in [0.25, 0.3) is 5.76 Å². The second-order valence-corrected chi connectivity index (χ2v) is 10.2. The lowest BCUT2D eigenvalue weighted by Gasteiger charge is -2.43. The third kappa shape index (κ3) is 3.98. The summed E-state index contributed by atoms with van der Waals surface area (Å²) in [6, 6.07) is 5.27. The Morgan fingerprint density at radius 3 is 2.75 bits per heavy atom. The fraction of sp³-hybridized carbons (Fsp3) is 0.545. The van der Waals surface area contributed by atoms with Gasteiger partial charge >= 0.3 is 0 Å². The highest BCUT2D eigenvalue weighted by Gasteiger charge is 2.39. The number of ether oxygens (including phenoxy) is 1. The van der Waals surface area contributed by atoms with E-state index in [0.717, 1.165) is 24.2 Å². The van der Waals surface area contributed by atoms with Crippen LogP contribution in [0.2, 0.25) is 5.02 Å². The minimum atomic E-state index is -4.69. The molecule has 6 heteroatoms. The molecule has 0 radical (unpaired) electrons. The molecule has 1 saturated carbocycles. The molecule has 4 rings (SSSR count). The van der Waals surface area contributed by atoms with Gasteiger partial charge in [-0.05, 0) is 80.2 Å². The van der Waals surface area contributed by atoms with Crippen molar-refractivity contribution in [2.24, 2.45) is 11.8 Å². The lowest BCUT2D eigenvalue weighted by atomic mass is 9.62. The summed E-state index contributed by atoms with van der Waals surface area (Å²) in [5.74, 6) is 1.79. The van der Waals surface area contributed by atoms with Gasteiger partial charge in [-0.15, -0.1) is 0 Å². The smallest absolute Gasteiger partial charge is 0.126 e. The Balaban J connectivity index is 1.80. The van der Waals surface area contributed by atoms with Gasteiger partial charge in [0.15, 0.2) is 0 Å². The second-order valence-electron chi connectivity index (χ2n) is 8.28. The van der Waals surface area contributed by atoms with Crippen LogP contribution in [-0.2, 0) is 15.5 Å². The number of allylic oxidation sites excluding steroid dienone is 3. The van der Waals surface area contributed by atoms with Crippen LogP contribution in [0.3, 0.4) is 0 Å². The lowest BCUT2D eigenvalue weighted by Crippen LogP contribution is -2.30. The van der Waals surface area contributed by atoms with Gasteiger partial charge in [-0.1, -0.05) is 36.8 Å². The van der Waals surface area contributed by atoms with Gasteiger partial charge in [0.1, 0.15) is 5.76 Å². The maximum Gasteiger partial charge on any atom is 0.126 e. The zero-order chi connectivity index (χ0) is 19.9. The van der Waals surface area contributed by atoms with Crippen molar-refractivity contribution in [3.05, 3.63) is 51.1 Å². The Morgan fingerprint density at radius 2 is 2.00 bits per heavy atom. The van der Waals surface area contributed by atoms with E-state index in [4.69, 9.17) is 16.3 Å². The summed E-state index contributed by atoms with van der Waals surface area (Å²) in [6.07, 6.45) is 9.13. The summed E-state index contributed by atoms with van der Waals surface area (Å²) in [7, 11) is -3.01. The van der Waals surface area contributed by atoms with Crippen molar-refractivity contribution in [3.63, 3.8) is 0 Å². The molecule has 3 aliphatic rings. The fourth-order valence-electron chi connectivity index (χ4n) is 5.47. The first kappa shape index (κ1) is 20.2. The molecular formula is C22H26ClO4P-2. The van der Waals surface area contributed by atoms with Crippen LogP contribution >= 0.6 is 19.2 Å². The van der Waals surface area contributed by atoms with Gasteiger partial charge in [0, 0.05) is 22.7 Å². The largest absolute Gasteiger partial charge is 0.810 e. The summed E-state index contributed by atoms with van der Waals surface area (Å²) < 4.78 is 17.2. The quantitative estimate of drug-likeness (QED) is 0.398. The Labute approximate surface area is 171 Å². The van der Waals surface area contributed by atoms with E-state index in [1.807, 2.05) is 6.07 Å². The Hall–Kier alpha value is -1.06. The normalized spacial score (nSPS) is 26.7. The average Bonchev–Trinajstić information content (AvgIpc) is 2.64. The molecule has 0 N–H and O–H groups in total. The highest BCUT2D eigenvalue weighted by atomic mass is 35.5. The molecule has 2 atom stereocenters. The van der Waals surface area contributed by atoms with Crippen LogP contribution < -0.4 is 9.79 Å². The number of rotatable bonds is 4.